The molecule has 4 heteroatoms. The van der Waals surface area contributed by atoms with Crippen LogP contribution in [0.25, 0.3) is 10.1 Å². The van der Waals surface area contributed by atoms with E-state index in [0.717, 1.165) is 12.2 Å². The first-order valence-corrected chi connectivity index (χ1v) is 8.03. The number of nitrogens with one attached hydrogen (secondary N) is 1. The molecule has 0 saturated carbocycles. The van der Waals surface area contributed by atoms with Gasteiger partial charge >= 0.3 is 0 Å². The first-order chi connectivity index (χ1) is 10.8. The summed E-state index contributed by atoms with van der Waals surface area (Å²) in [5.74, 6) is 0.698. The van der Waals surface area contributed by atoms with Crippen molar-refractivity contribution >= 4 is 27.3 Å². The minimum atomic E-state index is -0.0535. The Balaban J connectivity index is 1.59. The highest BCUT2D eigenvalue weighted by Crippen LogP contribution is 2.25. The van der Waals surface area contributed by atoms with E-state index in [0.29, 0.717) is 12.1 Å². The first-order valence-electron chi connectivity index (χ1n) is 7.15. The van der Waals surface area contributed by atoms with E-state index < -0.39 is 0 Å². The fourth-order valence-electron chi connectivity index (χ4n) is 2.38. The third-order valence-electron chi connectivity index (χ3n) is 3.59. The van der Waals surface area contributed by atoms with Gasteiger partial charge in [-0.2, -0.15) is 0 Å². The molecule has 0 aliphatic rings. The zero-order chi connectivity index (χ0) is 15.4. The van der Waals surface area contributed by atoms with Crippen LogP contribution in [-0.4, -0.2) is 19.6 Å². The van der Waals surface area contributed by atoms with E-state index in [9.17, 15) is 4.79 Å². The van der Waals surface area contributed by atoms with E-state index in [4.69, 9.17) is 4.74 Å². The van der Waals surface area contributed by atoms with Crippen LogP contribution < -0.4 is 10.1 Å². The molecule has 0 fully saturated rings. The van der Waals surface area contributed by atoms with Crippen molar-refractivity contribution in [1.29, 1.82) is 0 Å². The molecule has 1 N–H and O–H groups in total. The lowest BCUT2D eigenvalue weighted by molar-refractivity contribution is 0.0954. The predicted molar refractivity (Wildman–Crippen MR) is 90.9 cm³/mol. The van der Waals surface area contributed by atoms with Crippen LogP contribution in [0.1, 0.15) is 15.9 Å². The lowest BCUT2D eigenvalue weighted by Crippen LogP contribution is -2.25. The molecule has 3 aromatic rings. The van der Waals surface area contributed by atoms with Gasteiger partial charge in [-0.05, 0) is 53.1 Å². The number of methoxy groups -OCH3 is 1. The average molecular weight is 311 g/mol. The minimum Gasteiger partial charge on any atom is -0.497 e. The van der Waals surface area contributed by atoms with E-state index in [1.807, 2.05) is 6.07 Å². The largest absolute Gasteiger partial charge is 0.497 e. The third kappa shape index (κ3) is 3.12. The van der Waals surface area contributed by atoms with Crippen molar-refractivity contribution in [1.82, 2.24) is 5.32 Å². The number of carbonyl (C=O) groups excluding carboxylic acids is 1. The normalized spacial score (nSPS) is 10.6. The number of amides is 1. The Morgan fingerprint density at radius 2 is 1.91 bits per heavy atom. The molecule has 0 atom stereocenters. The van der Waals surface area contributed by atoms with Gasteiger partial charge in [0.2, 0.25) is 0 Å². The summed E-state index contributed by atoms with van der Waals surface area (Å²) in [6.07, 6.45) is 0.839. The molecule has 0 aliphatic heterocycles. The molecule has 0 bridgehead atoms. The maximum Gasteiger partial charge on any atom is 0.251 e. The van der Waals surface area contributed by atoms with Crippen LogP contribution in [-0.2, 0) is 6.42 Å². The SMILES string of the molecule is COc1ccc(C(=O)NCCc2csc3ccccc23)cc1. The molecule has 1 aromatic heterocycles. The lowest BCUT2D eigenvalue weighted by Gasteiger charge is -2.06. The van der Waals surface area contributed by atoms with Gasteiger partial charge < -0.3 is 10.1 Å². The van der Waals surface area contributed by atoms with Crippen LogP contribution in [0.2, 0.25) is 0 Å². The van der Waals surface area contributed by atoms with Gasteiger partial charge in [0.1, 0.15) is 5.75 Å². The van der Waals surface area contributed by atoms with Gasteiger partial charge in [0.25, 0.3) is 5.91 Å². The van der Waals surface area contributed by atoms with Crippen molar-refractivity contribution in [3.05, 3.63) is 65.0 Å². The van der Waals surface area contributed by atoms with Crippen molar-refractivity contribution < 1.29 is 9.53 Å². The molecule has 3 rings (SSSR count). The van der Waals surface area contributed by atoms with Crippen molar-refractivity contribution in [3.63, 3.8) is 0 Å². The number of ether oxygens (including phenoxy) is 1. The number of fused-ring (bicyclic) bond motifs is 1. The molecule has 0 spiro atoms. The van der Waals surface area contributed by atoms with E-state index >= 15 is 0 Å². The summed E-state index contributed by atoms with van der Waals surface area (Å²) in [6, 6.07) is 15.5. The number of thiophene rings is 1. The second kappa shape index (κ2) is 6.62. The smallest absolute Gasteiger partial charge is 0.251 e. The Morgan fingerprint density at radius 3 is 2.68 bits per heavy atom. The van der Waals surface area contributed by atoms with Crippen LogP contribution in [0.3, 0.4) is 0 Å². The maximum absolute atomic E-state index is 12.1. The summed E-state index contributed by atoms with van der Waals surface area (Å²) in [4.78, 5) is 12.1. The highest BCUT2D eigenvalue weighted by Gasteiger charge is 2.07. The van der Waals surface area contributed by atoms with Crippen molar-refractivity contribution in [3.8, 4) is 5.75 Å². The molecule has 0 saturated heterocycles. The second-order valence-electron chi connectivity index (χ2n) is 4.99. The van der Waals surface area contributed by atoms with Crippen molar-refractivity contribution in [2.45, 2.75) is 6.42 Å². The molecule has 0 radical (unpaired) electrons. The molecule has 22 heavy (non-hydrogen) atoms. The monoisotopic (exact) mass is 311 g/mol. The molecule has 2 aromatic carbocycles. The zero-order valence-electron chi connectivity index (χ0n) is 12.3. The van der Waals surface area contributed by atoms with Crippen molar-refractivity contribution in [2.24, 2.45) is 0 Å². The predicted octanol–water partition coefficient (Wildman–Crippen LogP) is 3.88. The van der Waals surface area contributed by atoms with Gasteiger partial charge in [-0.15, -0.1) is 11.3 Å². The van der Waals surface area contributed by atoms with Crippen LogP contribution in [0.15, 0.2) is 53.9 Å². The number of hydrogen-bond acceptors (Lipinski definition) is 3. The van der Waals surface area contributed by atoms with Gasteiger partial charge in [0.15, 0.2) is 0 Å². The molecular weight excluding hydrogens is 294 g/mol. The molecule has 112 valence electrons. The summed E-state index contributed by atoms with van der Waals surface area (Å²) < 4.78 is 6.38. The van der Waals surface area contributed by atoms with Gasteiger partial charge in [0.05, 0.1) is 7.11 Å². The summed E-state index contributed by atoms with van der Waals surface area (Å²) in [6.45, 7) is 0.631. The number of benzene rings is 2. The first kappa shape index (κ1) is 14.6. The highest BCUT2D eigenvalue weighted by atomic mass is 32.1. The molecular formula is C18H17NO2S. The Hall–Kier alpha value is -2.33. The number of carbonyl (C=O) groups is 1. The quantitative estimate of drug-likeness (QED) is 0.776. The van der Waals surface area contributed by atoms with Crippen molar-refractivity contribution in [2.75, 3.05) is 13.7 Å². The Labute approximate surface area is 133 Å². The fraction of sp³-hybridized carbons (Fsp3) is 0.167. The standard InChI is InChI=1S/C18H17NO2S/c1-21-15-8-6-13(7-9-15)18(20)19-11-10-14-12-22-17-5-3-2-4-16(14)17/h2-9,12H,10-11H2,1H3,(H,19,20). The van der Waals surface area contributed by atoms with Crippen LogP contribution in [0.4, 0.5) is 0 Å². The molecule has 3 nitrogen and oxygen atoms in total. The fourth-order valence-corrected chi connectivity index (χ4v) is 3.38. The van der Waals surface area contributed by atoms with Gasteiger partial charge in [-0.3, -0.25) is 4.79 Å². The summed E-state index contributed by atoms with van der Waals surface area (Å²) in [5, 5.41) is 6.42. The third-order valence-corrected chi connectivity index (χ3v) is 4.61. The van der Waals surface area contributed by atoms with E-state index in [1.165, 1.54) is 15.6 Å². The van der Waals surface area contributed by atoms with Crippen LogP contribution >= 0.6 is 11.3 Å². The second-order valence-corrected chi connectivity index (χ2v) is 5.90. The topological polar surface area (TPSA) is 38.3 Å². The minimum absolute atomic E-state index is 0.0535. The Bertz CT molecular complexity index is 777. The molecule has 1 heterocycles. The maximum atomic E-state index is 12.1. The summed E-state index contributed by atoms with van der Waals surface area (Å²) in [7, 11) is 1.61. The van der Waals surface area contributed by atoms with E-state index in [2.05, 4.69) is 28.9 Å². The van der Waals surface area contributed by atoms with E-state index in [1.54, 1.807) is 42.7 Å². The Kier molecular flexibility index (Phi) is 4.39. The summed E-state index contributed by atoms with van der Waals surface area (Å²) in [5.41, 5.74) is 1.94. The van der Waals surface area contributed by atoms with E-state index in [-0.39, 0.29) is 5.91 Å². The number of hydrogen-bond donors (Lipinski definition) is 1. The number of rotatable bonds is 5. The zero-order valence-corrected chi connectivity index (χ0v) is 13.2. The van der Waals surface area contributed by atoms with Gasteiger partial charge in [-0.25, -0.2) is 0 Å². The average Bonchev–Trinajstić information content (AvgIpc) is 2.98. The van der Waals surface area contributed by atoms with Gasteiger partial charge in [-0.1, -0.05) is 18.2 Å². The molecule has 0 aliphatic carbocycles. The van der Waals surface area contributed by atoms with Crippen LogP contribution in [0, 0.1) is 0 Å². The highest BCUT2D eigenvalue weighted by molar-refractivity contribution is 7.17. The Morgan fingerprint density at radius 1 is 1.14 bits per heavy atom. The lowest BCUT2D eigenvalue weighted by atomic mass is 10.1. The molecule has 0 unspecified atom stereocenters. The van der Waals surface area contributed by atoms with Crippen LogP contribution in [0.5, 0.6) is 5.75 Å². The molecule has 1 amide bonds. The summed E-state index contributed by atoms with van der Waals surface area (Å²) >= 11 is 1.75. The van der Waals surface area contributed by atoms with Gasteiger partial charge in [0, 0.05) is 16.8 Å².